The maximum atomic E-state index is 5.49. The average molecular weight is 1170 g/mol. The van der Waals surface area contributed by atoms with Gasteiger partial charge in [-0.2, -0.15) is 0 Å². The van der Waals surface area contributed by atoms with Crippen molar-refractivity contribution in [3.05, 3.63) is 129 Å². The van der Waals surface area contributed by atoms with Gasteiger partial charge in [-0.1, -0.05) is 180 Å². The lowest BCUT2D eigenvalue weighted by atomic mass is 10.1. The number of alkyl halides is 1. The van der Waals surface area contributed by atoms with Crippen LogP contribution < -0.4 is 0 Å². The Morgan fingerprint density at radius 3 is 1.11 bits per heavy atom. The summed E-state index contributed by atoms with van der Waals surface area (Å²) in [5.74, 6) is 0. The summed E-state index contributed by atoms with van der Waals surface area (Å²) in [5.41, 5.74) is 8.71. The van der Waals surface area contributed by atoms with Crippen molar-refractivity contribution in [3.63, 3.8) is 0 Å². The van der Waals surface area contributed by atoms with Gasteiger partial charge in [-0.15, -0.1) is 0 Å². The number of ether oxygens (including phenoxy) is 1. The van der Waals surface area contributed by atoms with Crippen LogP contribution in [0.3, 0.4) is 0 Å². The van der Waals surface area contributed by atoms with Crippen LogP contribution in [0.1, 0.15) is 57.5 Å². The van der Waals surface area contributed by atoms with Crippen LogP contribution in [0.15, 0.2) is 84.3 Å². The Labute approximate surface area is 334 Å². The molecule has 0 aliphatic carbocycles. The molecule has 0 saturated carbocycles. The van der Waals surface area contributed by atoms with Crippen molar-refractivity contribution < 1.29 is 4.74 Å². The fourth-order valence-electron chi connectivity index (χ4n) is 4.18. The zero-order valence-electron chi connectivity index (χ0n) is 23.2. The minimum Gasteiger partial charge on any atom is -0.377 e. The average Bonchev–Trinajstić information content (AvgIpc) is 2.99. The van der Waals surface area contributed by atoms with Gasteiger partial charge in [-0.3, -0.25) is 0 Å². The van der Waals surface area contributed by atoms with E-state index < -0.39 is 0 Å². The Kier molecular flexibility index (Phi) is 14.5. The van der Waals surface area contributed by atoms with Crippen molar-refractivity contribution in [2.24, 2.45) is 0 Å². The largest absolute Gasteiger partial charge is 0.377 e. The van der Waals surface area contributed by atoms with Crippen LogP contribution in [0.4, 0.5) is 0 Å². The van der Waals surface area contributed by atoms with Gasteiger partial charge >= 0.3 is 0 Å². The molecule has 4 rings (SSSR count). The molecule has 0 aliphatic rings. The number of methoxy groups -OCH3 is 1. The molecule has 0 bridgehead atoms. The molecule has 44 heavy (non-hydrogen) atoms. The maximum absolute atomic E-state index is 5.49. The zero-order chi connectivity index (χ0) is 32.1. The highest BCUT2D eigenvalue weighted by atomic mass is 79.9. The highest BCUT2D eigenvalue weighted by molar-refractivity contribution is 9.12. The van der Waals surface area contributed by atoms with Crippen molar-refractivity contribution in [1.82, 2.24) is 0 Å². The van der Waals surface area contributed by atoms with Gasteiger partial charge in [0.05, 0.1) is 6.10 Å². The molecule has 0 aliphatic heterocycles. The Morgan fingerprint density at radius 1 is 0.477 bits per heavy atom. The van der Waals surface area contributed by atoms with E-state index in [0.717, 1.165) is 80.1 Å². The predicted molar refractivity (Wildman–Crippen MR) is 222 cm³/mol. The summed E-state index contributed by atoms with van der Waals surface area (Å²) in [5, 5.41) is 0.791. The monoisotopic (exact) mass is 1160 g/mol. The van der Waals surface area contributed by atoms with E-state index in [1.165, 1.54) is 5.56 Å². The summed E-state index contributed by atoms with van der Waals surface area (Å²) in [6.07, 6.45) is 12.6. The molecular weight excluding hydrogens is 1140 g/mol. The van der Waals surface area contributed by atoms with E-state index in [0.29, 0.717) is 0 Å². The van der Waals surface area contributed by atoms with Crippen molar-refractivity contribution in [2.45, 2.75) is 18.4 Å². The van der Waals surface area contributed by atoms with Gasteiger partial charge in [0.1, 0.15) is 0 Å². The van der Waals surface area contributed by atoms with Crippen molar-refractivity contribution >= 4 is 180 Å². The third-order valence-corrected chi connectivity index (χ3v) is 12.9. The van der Waals surface area contributed by atoms with Gasteiger partial charge < -0.3 is 4.74 Å². The van der Waals surface area contributed by atoms with Gasteiger partial charge in [0.2, 0.25) is 0 Å². The summed E-state index contributed by atoms with van der Waals surface area (Å²) >= 11 is 33.3. The Morgan fingerprint density at radius 2 is 0.773 bits per heavy atom. The second-order valence-electron chi connectivity index (χ2n) is 9.66. The highest BCUT2D eigenvalue weighted by Gasteiger charge is 2.12. The Balaban J connectivity index is 1.54. The topological polar surface area (TPSA) is 9.23 Å². The minimum atomic E-state index is -0.000945. The number of hydrogen-bond donors (Lipinski definition) is 0. The van der Waals surface area contributed by atoms with E-state index in [2.05, 4.69) is 228 Å². The van der Waals surface area contributed by atoms with Crippen molar-refractivity contribution in [3.8, 4) is 0 Å². The molecule has 0 N–H and O–H groups in total. The van der Waals surface area contributed by atoms with Crippen LogP contribution in [0.2, 0.25) is 0 Å². The number of halogens is 9. The van der Waals surface area contributed by atoms with E-state index in [-0.39, 0.29) is 6.10 Å². The standard InChI is InChI=1S/C34H23Br9O/c1-18(44-2)26-16-33(42)24(14-34(26)43)8-7-22-12-29(38)20(10-30(22)39)4-3-19-9-28(37)21(11-27(19)36)5-6-23-13-32(41)25(17-35)15-31(23)40/h3-16,18H,17H2,1-2H3/b4-3-,6-5-,8-7-. The number of rotatable bonds is 9. The SMILES string of the molecule is COC(C)c1cc(Br)c(/C=C\c2cc(Br)c(/C=C\c3cc(Br)c(/C=C\c4cc(Br)c(CBr)cc4Br)cc3Br)cc2Br)cc1Br. The molecule has 4 aromatic rings. The molecule has 1 unspecified atom stereocenters. The molecule has 4 aromatic carbocycles. The van der Waals surface area contributed by atoms with E-state index in [4.69, 9.17) is 4.74 Å². The van der Waals surface area contributed by atoms with Crippen LogP contribution in [0.25, 0.3) is 36.5 Å². The molecule has 0 aromatic heterocycles. The molecule has 0 amide bonds. The quantitative estimate of drug-likeness (QED) is 0.120. The number of benzene rings is 4. The van der Waals surface area contributed by atoms with Crippen LogP contribution in [-0.4, -0.2) is 7.11 Å². The summed E-state index contributed by atoms with van der Waals surface area (Å²) < 4.78 is 13.6. The highest BCUT2D eigenvalue weighted by Crippen LogP contribution is 2.35. The summed E-state index contributed by atoms with van der Waals surface area (Å²) in [4.78, 5) is 0. The van der Waals surface area contributed by atoms with Gasteiger partial charge in [-0.25, -0.2) is 0 Å². The van der Waals surface area contributed by atoms with Gasteiger partial charge in [0.15, 0.2) is 0 Å². The molecule has 0 radical (unpaired) electrons. The molecule has 1 atom stereocenters. The molecule has 0 saturated heterocycles. The van der Waals surface area contributed by atoms with Crippen LogP contribution in [0.5, 0.6) is 0 Å². The summed E-state index contributed by atoms with van der Waals surface area (Å²) in [6.45, 7) is 2.03. The van der Waals surface area contributed by atoms with Gasteiger partial charge in [-0.05, 0) is 100.0 Å². The fourth-order valence-corrected chi connectivity index (χ4v) is 9.20. The Bertz CT molecular complexity index is 1790. The lowest BCUT2D eigenvalue weighted by Gasteiger charge is -2.14. The van der Waals surface area contributed by atoms with Gasteiger partial charge in [0.25, 0.3) is 0 Å². The van der Waals surface area contributed by atoms with Crippen molar-refractivity contribution in [1.29, 1.82) is 0 Å². The molecule has 0 spiro atoms. The minimum absolute atomic E-state index is 0.000945. The van der Waals surface area contributed by atoms with Crippen LogP contribution in [-0.2, 0) is 10.1 Å². The van der Waals surface area contributed by atoms with E-state index in [9.17, 15) is 0 Å². The first-order valence-electron chi connectivity index (χ1n) is 13.0. The Hall–Kier alpha value is 0.380. The first-order valence-corrected chi connectivity index (χ1v) is 20.5. The van der Waals surface area contributed by atoms with E-state index >= 15 is 0 Å². The third-order valence-electron chi connectivity index (χ3n) is 6.78. The second-order valence-corrected chi connectivity index (χ2v) is 17.1. The third kappa shape index (κ3) is 9.50. The molecule has 0 fully saturated rings. The summed E-state index contributed by atoms with van der Waals surface area (Å²) in [7, 11) is 1.71. The molecule has 228 valence electrons. The smallest absolute Gasteiger partial charge is 0.0804 e. The molecular formula is C34H23Br9O. The van der Waals surface area contributed by atoms with E-state index in [1.807, 2.05) is 6.92 Å². The lowest BCUT2D eigenvalue weighted by Crippen LogP contribution is -1.97. The lowest BCUT2D eigenvalue weighted by molar-refractivity contribution is 0.119. The van der Waals surface area contributed by atoms with Crippen LogP contribution >= 0.6 is 143 Å². The zero-order valence-corrected chi connectivity index (χ0v) is 37.5. The predicted octanol–water partition coefficient (Wildman–Crippen LogP) is 15.9. The van der Waals surface area contributed by atoms with Crippen molar-refractivity contribution in [2.75, 3.05) is 7.11 Å². The molecule has 10 heteroatoms. The fraction of sp³-hybridized carbons (Fsp3) is 0.118. The number of hydrogen-bond acceptors (Lipinski definition) is 1. The van der Waals surface area contributed by atoms with Gasteiger partial charge in [0, 0.05) is 48.2 Å². The van der Waals surface area contributed by atoms with E-state index in [1.54, 1.807) is 7.11 Å². The normalized spacial score (nSPS) is 12.7. The second kappa shape index (κ2) is 17.2. The summed E-state index contributed by atoms with van der Waals surface area (Å²) in [6, 6.07) is 16.9. The first-order chi connectivity index (χ1) is 20.9. The first kappa shape index (κ1) is 37.2. The molecule has 0 heterocycles. The maximum Gasteiger partial charge on any atom is 0.0804 e. The van der Waals surface area contributed by atoms with Crippen LogP contribution in [0, 0.1) is 0 Å². The molecule has 1 nitrogen and oxygen atoms in total.